The predicted octanol–water partition coefficient (Wildman–Crippen LogP) is 2.83. The second-order valence-corrected chi connectivity index (χ2v) is 6.99. The number of carboxylic acids is 1. The standard InChI is InChI=1S/C19H25NO4/c1-13-16(17(21)22)9-12-20(13)18(23)19(10-3-4-11-19)14-5-7-15(24-2)8-6-14/h5-8,13,16H,3-4,9-12H2,1-2H3,(H,21,22). The van der Waals surface area contributed by atoms with Crippen LogP contribution in [0.25, 0.3) is 0 Å². The lowest BCUT2D eigenvalue weighted by Gasteiger charge is -2.35. The van der Waals surface area contributed by atoms with Gasteiger partial charge in [-0.05, 0) is 43.9 Å². The zero-order valence-corrected chi connectivity index (χ0v) is 14.3. The first-order chi connectivity index (χ1) is 11.5. The number of carbonyl (C=O) groups excluding carboxylic acids is 1. The largest absolute Gasteiger partial charge is 0.497 e. The third-order valence-electron chi connectivity index (χ3n) is 5.84. The Balaban J connectivity index is 1.90. The summed E-state index contributed by atoms with van der Waals surface area (Å²) in [4.78, 5) is 26.6. The zero-order chi connectivity index (χ0) is 17.3. The van der Waals surface area contributed by atoms with Crippen LogP contribution in [-0.4, -0.2) is 41.6 Å². The highest BCUT2D eigenvalue weighted by atomic mass is 16.5. The van der Waals surface area contributed by atoms with E-state index >= 15 is 0 Å². The molecule has 1 aliphatic carbocycles. The summed E-state index contributed by atoms with van der Waals surface area (Å²) in [6.07, 6.45) is 4.27. The highest BCUT2D eigenvalue weighted by Crippen LogP contribution is 2.44. The number of rotatable bonds is 4. The van der Waals surface area contributed by atoms with Crippen molar-refractivity contribution in [2.45, 2.75) is 50.5 Å². The Morgan fingerprint density at radius 2 is 1.83 bits per heavy atom. The number of benzene rings is 1. The number of hydrogen-bond donors (Lipinski definition) is 1. The fourth-order valence-electron chi connectivity index (χ4n) is 4.35. The molecule has 5 nitrogen and oxygen atoms in total. The Hall–Kier alpha value is -2.04. The maximum absolute atomic E-state index is 13.4. The van der Waals surface area contributed by atoms with Gasteiger partial charge in [-0.2, -0.15) is 0 Å². The third-order valence-corrected chi connectivity index (χ3v) is 5.84. The van der Waals surface area contributed by atoms with Crippen LogP contribution in [0, 0.1) is 5.92 Å². The summed E-state index contributed by atoms with van der Waals surface area (Å²) in [5.74, 6) is -0.382. The van der Waals surface area contributed by atoms with E-state index in [1.54, 1.807) is 12.0 Å². The van der Waals surface area contributed by atoms with Gasteiger partial charge in [0.15, 0.2) is 0 Å². The fourth-order valence-corrected chi connectivity index (χ4v) is 4.35. The average molecular weight is 331 g/mol. The first-order valence-electron chi connectivity index (χ1n) is 8.68. The Bertz CT molecular complexity index is 619. The minimum atomic E-state index is -0.803. The summed E-state index contributed by atoms with van der Waals surface area (Å²) in [5.41, 5.74) is 0.519. The van der Waals surface area contributed by atoms with Gasteiger partial charge >= 0.3 is 5.97 Å². The van der Waals surface area contributed by atoms with E-state index in [0.717, 1.165) is 37.0 Å². The van der Waals surface area contributed by atoms with Gasteiger partial charge in [-0.3, -0.25) is 9.59 Å². The predicted molar refractivity (Wildman–Crippen MR) is 90.1 cm³/mol. The summed E-state index contributed by atoms with van der Waals surface area (Å²) < 4.78 is 5.22. The smallest absolute Gasteiger partial charge is 0.308 e. The molecule has 130 valence electrons. The molecule has 24 heavy (non-hydrogen) atoms. The van der Waals surface area contributed by atoms with Crippen LogP contribution in [0.1, 0.15) is 44.6 Å². The van der Waals surface area contributed by atoms with Crippen LogP contribution in [0.3, 0.4) is 0 Å². The molecule has 0 bridgehead atoms. The molecular formula is C19H25NO4. The number of methoxy groups -OCH3 is 1. The second-order valence-electron chi connectivity index (χ2n) is 6.99. The molecule has 2 atom stereocenters. The molecule has 1 N–H and O–H groups in total. The SMILES string of the molecule is COc1ccc(C2(C(=O)N3CCC(C(=O)O)C3C)CCCC2)cc1. The van der Waals surface area contributed by atoms with E-state index < -0.39 is 17.3 Å². The fraction of sp³-hybridized carbons (Fsp3) is 0.579. The molecule has 0 radical (unpaired) electrons. The van der Waals surface area contributed by atoms with Crippen molar-refractivity contribution in [2.75, 3.05) is 13.7 Å². The molecule has 1 aliphatic heterocycles. The summed E-state index contributed by atoms with van der Waals surface area (Å²) in [6.45, 7) is 2.40. The van der Waals surface area contributed by atoms with Gasteiger partial charge in [0, 0.05) is 12.6 Å². The van der Waals surface area contributed by atoms with Crippen LogP contribution in [0.5, 0.6) is 5.75 Å². The van der Waals surface area contributed by atoms with Gasteiger partial charge < -0.3 is 14.7 Å². The Labute approximate surface area is 142 Å². The molecule has 1 aromatic carbocycles. The topological polar surface area (TPSA) is 66.8 Å². The van der Waals surface area contributed by atoms with Crippen molar-refractivity contribution < 1.29 is 19.4 Å². The van der Waals surface area contributed by atoms with E-state index in [9.17, 15) is 14.7 Å². The zero-order valence-electron chi connectivity index (χ0n) is 14.3. The van der Waals surface area contributed by atoms with Crippen molar-refractivity contribution in [3.63, 3.8) is 0 Å². The third kappa shape index (κ3) is 2.66. The van der Waals surface area contributed by atoms with Crippen molar-refractivity contribution >= 4 is 11.9 Å². The van der Waals surface area contributed by atoms with Crippen LogP contribution < -0.4 is 4.74 Å². The number of nitrogens with zero attached hydrogens (tertiary/aromatic N) is 1. The molecule has 2 unspecified atom stereocenters. The quantitative estimate of drug-likeness (QED) is 0.921. The molecule has 1 saturated carbocycles. The molecule has 1 aromatic rings. The highest BCUT2D eigenvalue weighted by Gasteiger charge is 2.49. The number of ether oxygens (including phenoxy) is 1. The summed E-state index contributed by atoms with van der Waals surface area (Å²) in [5, 5.41) is 9.34. The van der Waals surface area contributed by atoms with Gasteiger partial charge in [-0.1, -0.05) is 25.0 Å². The molecule has 3 rings (SSSR count). The van der Waals surface area contributed by atoms with Crippen molar-refractivity contribution in [1.29, 1.82) is 0 Å². The van der Waals surface area contributed by atoms with Crippen molar-refractivity contribution in [2.24, 2.45) is 5.92 Å². The lowest BCUT2D eigenvalue weighted by atomic mass is 9.77. The van der Waals surface area contributed by atoms with Crippen molar-refractivity contribution in [3.05, 3.63) is 29.8 Å². The molecule has 1 amide bonds. The summed E-state index contributed by atoms with van der Waals surface area (Å²) in [6, 6.07) is 7.52. The van der Waals surface area contributed by atoms with E-state index in [4.69, 9.17) is 4.74 Å². The van der Waals surface area contributed by atoms with Gasteiger partial charge in [0.2, 0.25) is 5.91 Å². The highest BCUT2D eigenvalue weighted by molar-refractivity contribution is 5.90. The van der Waals surface area contributed by atoms with Crippen molar-refractivity contribution in [3.8, 4) is 5.75 Å². The average Bonchev–Trinajstić information content (AvgIpc) is 3.22. The molecule has 0 spiro atoms. The summed E-state index contributed by atoms with van der Waals surface area (Å²) in [7, 11) is 1.63. The van der Waals surface area contributed by atoms with E-state index in [0.29, 0.717) is 13.0 Å². The van der Waals surface area contributed by atoms with E-state index in [-0.39, 0.29) is 11.9 Å². The van der Waals surface area contributed by atoms with Crippen LogP contribution in [0.2, 0.25) is 0 Å². The molecule has 1 saturated heterocycles. The van der Waals surface area contributed by atoms with Crippen LogP contribution in [-0.2, 0) is 15.0 Å². The summed E-state index contributed by atoms with van der Waals surface area (Å²) >= 11 is 0. The number of carboxylic acid groups (broad SMARTS) is 1. The van der Waals surface area contributed by atoms with Crippen molar-refractivity contribution in [1.82, 2.24) is 4.90 Å². The lowest BCUT2D eigenvalue weighted by molar-refractivity contribution is -0.144. The van der Waals surface area contributed by atoms with Gasteiger partial charge in [0.25, 0.3) is 0 Å². The maximum atomic E-state index is 13.4. The van der Waals surface area contributed by atoms with Gasteiger partial charge in [0.1, 0.15) is 5.75 Å². The van der Waals surface area contributed by atoms with Crippen LogP contribution >= 0.6 is 0 Å². The van der Waals surface area contributed by atoms with Gasteiger partial charge in [-0.15, -0.1) is 0 Å². The Morgan fingerprint density at radius 1 is 1.21 bits per heavy atom. The first-order valence-corrected chi connectivity index (χ1v) is 8.68. The number of amides is 1. The minimum Gasteiger partial charge on any atom is -0.497 e. The molecule has 1 heterocycles. The number of likely N-dealkylation sites (tertiary alicyclic amines) is 1. The monoisotopic (exact) mass is 331 g/mol. The Kier molecular flexibility index (Phi) is 4.52. The molecule has 0 aromatic heterocycles. The van der Waals surface area contributed by atoms with Gasteiger partial charge in [-0.25, -0.2) is 0 Å². The maximum Gasteiger partial charge on any atom is 0.308 e. The number of carbonyl (C=O) groups is 2. The number of aliphatic carboxylic acids is 1. The molecule has 2 aliphatic rings. The molecule has 5 heteroatoms. The van der Waals surface area contributed by atoms with E-state index in [1.807, 2.05) is 31.2 Å². The Morgan fingerprint density at radius 3 is 2.33 bits per heavy atom. The molecule has 2 fully saturated rings. The minimum absolute atomic E-state index is 0.0985. The van der Waals surface area contributed by atoms with Gasteiger partial charge in [0.05, 0.1) is 18.4 Å². The van der Waals surface area contributed by atoms with E-state index in [2.05, 4.69) is 0 Å². The molecular weight excluding hydrogens is 306 g/mol. The number of hydrogen-bond acceptors (Lipinski definition) is 3. The second kappa shape index (κ2) is 6.46. The lowest BCUT2D eigenvalue weighted by Crippen LogP contribution is -2.48. The normalized spacial score (nSPS) is 25.7. The first kappa shape index (κ1) is 16.8. The van der Waals surface area contributed by atoms with Crippen LogP contribution in [0.4, 0.5) is 0 Å². The van der Waals surface area contributed by atoms with Crippen LogP contribution in [0.15, 0.2) is 24.3 Å². The van der Waals surface area contributed by atoms with E-state index in [1.165, 1.54) is 0 Å².